The van der Waals surface area contributed by atoms with Crippen LogP contribution in [0.2, 0.25) is 0 Å². The first kappa shape index (κ1) is 31.0. The van der Waals surface area contributed by atoms with Crippen molar-refractivity contribution in [3.63, 3.8) is 0 Å². The number of nitrogens with one attached hydrogen (secondary N) is 2. The molecule has 1 aliphatic rings. The fourth-order valence-electron chi connectivity index (χ4n) is 5.23. The number of alkyl halides is 3. The smallest absolute Gasteiger partial charge is 0.391 e. The van der Waals surface area contributed by atoms with Gasteiger partial charge in [-0.15, -0.1) is 11.3 Å². The lowest BCUT2D eigenvalue weighted by molar-refractivity contribution is -0.115. The summed E-state index contributed by atoms with van der Waals surface area (Å²) in [5.74, 6) is -1.58. The molecule has 0 aliphatic heterocycles. The lowest BCUT2D eigenvalue weighted by Gasteiger charge is -2.23. The van der Waals surface area contributed by atoms with Crippen molar-refractivity contribution < 1.29 is 31.1 Å². The molecule has 1 saturated carbocycles. The first-order valence-corrected chi connectivity index (χ1v) is 16.1. The molecule has 0 amide bonds. The number of thiazole rings is 1. The van der Waals surface area contributed by atoms with E-state index in [-0.39, 0.29) is 28.0 Å². The lowest BCUT2D eigenvalue weighted by Crippen LogP contribution is -2.35. The summed E-state index contributed by atoms with van der Waals surface area (Å²) in [6.07, 6.45) is -2.53. The van der Waals surface area contributed by atoms with E-state index in [1.807, 2.05) is 13.0 Å². The van der Waals surface area contributed by atoms with Crippen LogP contribution in [0.15, 0.2) is 35.4 Å². The van der Waals surface area contributed by atoms with E-state index in [1.54, 1.807) is 13.1 Å². The minimum absolute atomic E-state index is 0.0270. The van der Waals surface area contributed by atoms with E-state index in [4.69, 9.17) is 4.98 Å². The van der Waals surface area contributed by atoms with Crippen LogP contribution in [0, 0.1) is 25.6 Å². The molecule has 1 aliphatic carbocycles. The zero-order valence-electron chi connectivity index (χ0n) is 23.5. The monoisotopic (exact) mass is 638 g/mol. The number of benzene rings is 1. The number of rotatable bonds is 9. The molecular weight excluding hydrogens is 608 g/mol. The molecule has 3 aromatic heterocycles. The normalized spacial score (nSPS) is 19.2. The van der Waals surface area contributed by atoms with Crippen LogP contribution in [0.4, 0.5) is 29.3 Å². The van der Waals surface area contributed by atoms with Crippen molar-refractivity contribution in [2.24, 2.45) is 5.92 Å². The lowest BCUT2D eigenvalue weighted by atomic mass is 10.1. The highest BCUT2D eigenvalue weighted by Gasteiger charge is 2.39. The third-order valence-electron chi connectivity index (χ3n) is 7.46. The van der Waals surface area contributed by atoms with Crippen molar-refractivity contribution in [2.75, 3.05) is 22.9 Å². The Hall–Kier alpha value is -3.43. The number of aliphatic hydroxyl groups is 1. The minimum atomic E-state index is -4.50. The Morgan fingerprint density at radius 3 is 2.58 bits per heavy atom. The Labute approximate surface area is 249 Å². The fourth-order valence-corrected chi connectivity index (χ4v) is 8.06. The Morgan fingerprint density at radius 2 is 1.88 bits per heavy atom. The first-order chi connectivity index (χ1) is 20.3. The molecule has 0 bridgehead atoms. The number of halogens is 4. The maximum absolute atomic E-state index is 13.7. The highest BCUT2D eigenvalue weighted by molar-refractivity contribution is 7.91. The summed E-state index contributed by atoms with van der Waals surface area (Å²) < 4.78 is 79.6. The van der Waals surface area contributed by atoms with Gasteiger partial charge in [0.25, 0.3) is 0 Å². The second-order valence-electron chi connectivity index (χ2n) is 10.6. The fraction of sp³-hybridized carbons (Fsp3) is 0.429. The zero-order chi connectivity index (χ0) is 31.1. The third kappa shape index (κ3) is 6.73. The van der Waals surface area contributed by atoms with Crippen LogP contribution in [0.1, 0.15) is 36.7 Å². The highest BCUT2D eigenvalue weighted by Crippen LogP contribution is 2.39. The molecule has 4 aromatic rings. The number of pyridine rings is 1. The molecule has 0 spiro atoms. The second-order valence-corrected chi connectivity index (χ2v) is 13.6. The third-order valence-corrected chi connectivity index (χ3v) is 10.3. The van der Waals surface area contributed by atoms with Crippen LogP contribution in [-0.4, -0.2) is 64.1 Å². The SMILES string of the molecule is CCc1nccc2sc(-c3c(C)nc(NCC(F)(F)F)nc3NC3CCC(CS(=O)(=O)c4ccc(F)c(C)c4)C3O)nc12. The van der Waals surface area contributed by atoms with Crippen LogP contribution in [0.5, 0.6) is 0 Å². The maximum atomic E-state index is 13.7. The maximum Gasteiger partial charge on any atom is 0.405 e. The Kier molecular flexibility index (Phi) is 8.60. The molecule has 3 atom stereocenters. The van der Waals surface area contributed by atoms with Gasteiger partial charge in [0.05, 0.1) is 44.4 Å². The van der Waals surface area contributed by atoms with Crippen molar-refractivity contribution in [1.82, 2.24) is 19.9 Å². The quantitative estimate of drug-likeness (QED) is 0.162. The van der Waals surface area contributed by atoms with Gasteiger partial charge < -0.3 is 15.7 Å². The van der Waals surface area contributed by atoms with Crippen LogP contribution in [0.3, 0.4) is 0 Å². The van der Waals surface area contributed by atoms with Gasteiger partial charge in [0.1, 0.15) is 28.7 Å². The summed E-state index contributed by atoms with van der Waals surface area (Å²) in [5.41, 5.74) is 2.53. The number of fused-ring (bicyclic) bond motifs is 1. The number of aryl methyl sites for hydroxylation is 3. The predicted octanol–water partition coefficient (Wildman–Crippen LogP) is 5.47. The largest absolute Gasteiger partial charge is 0.405 e. The van der Waals surface area contributed by atoms with E-state index >= 15 is 0 Å². The van der Waals surface area contributed by atoms with Crippen LogP contribution < -0.4 is 10.6 Å². The van der Waals surface area contributed by atoms with Crippen LogP contribution in [0.25, 0.3) is 20.8 Å². The number of hydrogen-bond acceptors (Lipinski definition) is 10. The average Bonchev–Trinajstić information content (AvgIpc) is 3.51. The van der Waals surface area contributed by atoms with Gasteiger partial charge in [-0.25, -0.2) is 22.8 Å². The van der Waals surface area contributed by atoms with Gasteiger partial charge in [-0.3, -0.25) is 4.98 Å². The highest BCUT2D eigenvalue weighted by atomic mass is 32.2. The Balaban J connectivity index is 1.45. The summed E-state index contributed by atoms with van der Waals surface area (Å²) in [5, 5.41) is 17.1. The van der Waals surface area contributed by atoms with Crippen molar-refractivity contribution in [3.8, 4) is 10.6 Å². The number of aromatic nitrogens is 4. The van der Waals surface area contributed by atoms with Crippen LogP contribution >= 0.6 is 11.3 Å². The van der Waals surface area contributed by atoms with E-state index in [2.05, 4.69) is 25.6 Å². The molecule has 230 valence electrons. The van der Waals surface area contributed by atoms with Crippen molar-refractivity contribution >= 4 is 43.2 Å². The number of hydrogen-bond donors (Lipinski definition) is 3. The Morgan fingerprint density at radius 1 is 1.12 bits per heavy atom. The van der Waals surface area contributed by atoms with E-state index in [1.165, 1.54) is 30.4 Å². The van der Waals surface area contributed by atoms with Crippen molar-refractivity contribution in [1.29, 1.82) is 0 Å². The summed E-state index contributed by atoms with van der Waals surface area (Å²) >= 11 is 1.36. The van der Waals surface area contributed by atoms with Gasteiger partial charge in [0, 0.05) is 12.1 Å². The molecule has 15 heteroatoms. The summed E-state index contributed by atoms with van der Waals surface area (Å²) in [7, 11) is -3.83. The molecule has 9 nitrogen and oxygen atoms in total. The van der Waals surface area contributed by atoms with Gasteiger partial charge in [-0.2, -0.15) is 18.2 Å². The minimum Gasteiger partial charge on any atom is -0.391 e. The van der Waals surface area contributed by atoms with Crippen molar-refractivity contribution in [2.45, 2.75) is 63.3 Å². The number of aliphatic hydroxyl groups excluding tert-OH is 1. The number of anilines is 2. The van der Waals surface area contributed by atoms with Gasteiger partial charge in [0.15, 0.2) is 9.84 Å². The number of sulfone groups is 1. The van der Waals surface area contributed by atoms with E-state index in [0.29, 0.717) is 41.0 Å². The zero-order valence-corrected chi connectivity index (χ0v) is 25.2. The van der Waals surface area contributed by atoms with E-state index in [0.717, 1.165) is 16.5 Å². The predicted molar refractivity (Wildman–Crippen MR) is 156 cm³/mol. The van der Waals surface area contributed by atoms with Gasteiger partial charge in [-0.1, -0.05) is 6.92 Å². The molecule has 0 radical (unpaired) electrons. The van der Waals surface area contributed by atoms with Gasteiger partial charge >= 0.3 is 6.18 Å². The standard InChI is InChI=1S/C28H30F4N6O3S2/c1-4-19-23-21(9-10-33-19)42-26(37-23)22-15(3)35-27(34-13-28(30,31)32)38-25(22)36-20-8-5-16(24(20)39)12-43(40,41)17-6-7-18(29)14(2)11-17/h6-7,9-11,16,20,24,39H,4-5,8,12-13H2,1-3H3,(H2,34,35,36,38). The second kappa shape index (κ2) is 11.9. The molecule has 1 fully saturated rings. The summed E-state index contributed by atoms with van der Waals surface area (Å²) in [4.78, 5) is 17.7. The van der Waals surface area contributed by atoms with Crippen LogP contribution in [-0.2, 0) is 16.3 Å². The molecule has 3 unspecified atom stereocenters. The molecule has 3 heterocycles. The Bertz CT molecular complexity index is 1760. The molecule has 5 rings (SSSR count). The molecule has 43 heavy (non-hydrogen) atoms. The van der Waals surface area contributed by atoms with Gasteiger partial charge in [0.2, 0.25) is 5.95 Å². The van der Waals surface area contributed by atoms with Crippen molar-refractivity contribution in [3.05, 3.63) is 53.2 Å². The van der Waals surface area contributed by atoms with E-state index < -0.39 is 46.4 Å². The first-order valence-electron chi connectivity index (χ1n) is 13.6. The topological polar surface area (TPSA) is 130 Å². The molecule has 1 aromatic carbocycles. The van der Waals surface area contributed by atoms with Gasteiger partial charge in [-0.05, 0) is 62.9 Å². The summed E-state index contributed by atoms with van der Waals surface area (Å²) in [6.45, 7) is 3.73. The average molecular weight is 639 g/mol. The van der Waals surface area contributed by atoms with E-state index in [9.17, 15) is 31.1 Å². The molecule has 3 N–H and O–H groups in total. The number of nitrogens with zero attached hydrogens (tertiary/aromatic N) is 4. The summed E-state index contributed by atoms with van der Waals surface area (Å²) in [6, 6.07) is 4.75. The molecule has 0 saturated heterocycles. The molecular formula is C28H30F4N6O3S2.